The van der Waals surface area contributed by atoms with Gasteiger partial charge in [-0.25, -0.2) is 0 Å². The van der Waals surface area contributed by atoms with Crippen molar-refractivity contribution in [3.63, 3.8) is 0 Å². The molecule has 5 nitrogen and oxygen atoms in total. The van der Waals surface area contributed by atoms with Crippen molar-refractivity contribution < 1.29 is 14.4 Å². The van der Waals surface area contributed by atoms with Crippen LogP contribution in [0.25, 0.3) is 0 Å². The van der Waals surface area contributed by atoms with Crippen LogP contribution in [0.2, 0.25) is 0 Å². The van der Waals surface area contributed by atoms with Gasteiger partial charge in [-0.2, -0.15) is 0 Å². The fourth-order valence-corrected chi connectivity index (χ4v) is 1.71. The van der Waals surface area contributed by atoms with E-state index in [1.54, 1.807) is 0 Å². The first-order valence-corrected chi connectivity index (χ1v) is 5.37. The maximum Gasteiger partial charge on any atom is 0.515 e. The van der Waals surface area contributed by atoms with Gasteiger partial charge in [0.1, 0.15) is 0 Å². The maximum atomic E-state index is 8.91. The zero-order valence-electron chi connectivity index (χ0n) is 6.62. The summed E-state index contributed by atoms with van der Waals surface area (Å²) in [5.41, 5.74) is 10.7. The molecule has 7 N–H and O–H groups in total. The minimum Gasteiger partial charge on any atom is -0.389 e. The molecule has 0 aromatic carbocycles. The quantitative estimate of drug-likeness (QED) is 0.318. The lowest BCUT2D eigenvalue weighted by molar-refractivity contribution is 0.177. The van der Waals surface area contributed by atoms with Gasteiger partial charge in [-0.1, -0.05) is 13.3 Å². The third-order valence-corrected chi connectivity index (χ3v) is 3.52. The first kappa shape index (κ1) is 11.0. The number of hydrogen-bond donors (Lipinski definition) is 5. The molecule has 6 heteroatoms. The van der Waals surface area contributed by atoms with E-state index in [2.05, 4.69) is 0 Å². The van der Waals surface area contributed by atoms with Gasteiger partial charge in [0, 0.05) is 6.54 Å². The molecule has 1 atom stereocenters. The molecule has 11 heavy (non-hydrogen) atoms. The summed E-state index contributed by atoms with van der Waals surface area (Å²) in [6.45, 7) is 1.72. The standard InChI is InChI=1S/C5H16N2O3Si/c1-2-3-5(7,4-6)11(8,9)10/h8-10H,2-4,6-7H2,1H3. The Morgan fingerprint density at radius 2 is 1.82 bits per heavy atom. The van der Waals surface area contributed by atoms with Gasteiger partial charge in [0.15, 0.2) is 0 Å². The molecular formula is C5H16N2O3Si. The van der Waals surface area contributed by atoms with Crippen molar-refractivity contribution in [1.29, 1.82) is 0 Å². The highest BCUT2D eigenvalue weighted by Crippen LogP contribution is 2.14. The molecule has 0 aromatic heterocycles. The molecule has 0 spiro atoms. The molecule has 0 heterocycles. The Kier molecular flexibility index (Phi) is 3.62. The van der Waals surface area contributed by atoms with Gasteiger partial charge in [0.25, 0.3) is 0 Å². The Morgan fingerprint density at radius 1 is 1.36 bits per heavy atom. The summed E-state index contributed by atoms with van der Waals surface area (Å²) in [6, 6.07) is 0. The molecule has 0 rings (SSSR count). The van der Waals surface area contributed by atoms with Crippen LogP contribution in [-0.4, -0.2) is 34.9 Å². The highest BCUT2D eigenvalue weighted by Gasteiger charge is 2.49. The molecule has 68 valence electrons. The molecule has 0 saturated heterocycles. The first-order chi connectivity index (χ1) is 4.87. The zero-order valence-corrected chi connectivity index (χ0v) is 7.62. The predicted octanol–water partition coefficient (Wildman–Crippen LogP) is -2.10. The Morgan fingerprint density at radius 3 is 1.91 bits per heavy atom. The summed E-state index contributed by atoms with van der Waals surface area (Å²) in [4.78, 5) is 26.7. The van der Waals surface area contributed by atoms with Crippen molar-refractivity contribution in [3.8, 4) is 0 Å². The molecule has 0 radical (unpaired) electrons. The largest absolute Gasteiger partial charge is 0.515 e. The number of rotatable bonds is 4. The molecule has 0 aliphatic heterocycles. The van der Waals surface area contributed by atoms with Crippen molar-refractivity contribution in [2.75, 3.05) is 6.54 Å². The summed E-state index contributed by atoms with van der Waals surface area (Å²) < 4.78 is 0. The van der Waals surface area contributed by atoms with E-state index in [0.717, 1.165) is 0 Å². The Balaban J connectivity index is 4.33. The third-order valence-electron chi connectivity index (χ3n) is 1.73. The van der Waals surface area contributed by atoms with Gasteiger partial charge < -0.3 is 25.9 Å². The average molecular weight is 180 g/mol. The van der Waals surface area contributed by atoms with Crippen molar-refractivity contribution in [2.45, 2.75) is 24.9 Å². The smallest absolute Gasteiger partial charge is 0.389 e. The van der Waals surface area contributed by atoms with Crippen LogP contribution in [0.15, 0.2) is 0 Å². The second kappa shape index (κ2) is 3.61. The average Bonchev–Trinajstić information content (AvgIpc) is 1.86. The van der Waals surface area contributed by atoms with E-state index >= 15 is 0 Å². The van der Waals surface area contributed by atoms with Crippen molar-refractivity contribution in [2.24, 2.45) is 11.5 Å². The van der Waals surface area contributed by atoms with Gasteiger partial charge in [0.05, 0.1) is 5.16 Å². The lowest BCUT2D eigenvalue weighted by Gasteiger charge is -2.31. The molecule has 0 bridgehead atoms. The van der Waals surface area contributed by atoms with Crippen LogP contribution in [0, 0.1) is 0 Å². The van der Waals surface area contributed by atoms with Gasteiger partial charge in [0.2, 0.25) is 0 Å². The second-order valence-electron chi connectivity index (χ2n) is 2.75. The summed E-state index contributed by atoms with van der Waals surface area (Å²) in [5, 5.41) is -1.39. The van der Waals surface area contributed by atoms with Crippen LogP contribution in [-0.2, 0) is 0 Å². The minimum atomic E-state index is -4.28. The molecule has 0 aliphatic rings. The first-order valence-electron chi connectivity index (χ1n) is 3.53. The Labute approximate surface area is 67.0 Å². The van der Waals surface area contributed by atoms with Crippen LogP contribution in [0.1, 0.15) is 19.8 Å². The third kappa shape index (κ3) is 2.51. The van der Waals surface area contributed by atoms with Gasteiger partial charge in [-0.15, -0.1) is 0 Å². The van der Waals surface area contributed by atoms with Crippen LogP contribution in [0.4, 0.5) is 0 Å². The molecule has 0 aromatic rings. The van der Waals surface area contributed by atoms with E-state index in [0.29, 0.717) is 12.8 Å². The van der Waals surface area contributed by atoms with Crippen LogP contribution < -0.4 is 11.5 Å². The Bertz CT molecular complexity index is 127. The fourth-order valence-electron chi connectivity index (χ4n) is 0.853. The summed E-state index contributed by atoms with van der Waals surface area (Å²) in [5.74, 6) is 0. The highest BCUT2D eigenvalue weighted by atomic mass is 28.4. The number of nitrogens with two attached hydrogens (primary N) is 2. The maximum absolute atomic E-state index is 8.91. The van der Waals surface area contributed by atoms with Crippen molar-refractivity contribution >= 4 is 8.80 Å². The van der Waals surface area contributed by atoms with E-state index < -0.39 is 14.0 Å². The van der Waals surface area contributed by atoms with Crippen LogP contribution in [0.3, 0.4) is 0 Å². The fraction of sp³-hybridized carbons (Fsp3) is 1.00. The van der Waals surface area contributed by atoms with E-state index in [-0.39, 0.29) is 6.54 Å². The van der Waals surface area contributed by atoms with Gasteiger partial charge >= 0.3 is 8.80 Å². The molecular weight excluding hydrogens is 164 g/mol. The normalized spacial score (nSPS) is 18.0. The van der Waals surface area contributed by atoms with Crippen molar-refractivity contribution in [1.82, 2.24) is 0 Å². The molecule has 0 saturated carbocycles. The lowest BCUT2D eigenvalue weighted by Crippen LogP contribution is -2.69. The monoisotopic (exact) mass is 180 g/mol. The second-order valence-corrected chi connectivity index (χ2v) is 5.01. The number of hydrogen-bond acceptors (Lipinski definition) is 5. The van der Waals surface area contributed by atoms with Crippen LogP contribution in [0.5, 0.6) is 0 Å². The topological polar surface area (TPSA) is 113 Å². The molecule has 0 fully saturated rings. The molecule has 1 unspecified atom stereocenters. The SMILES string of the molecule is CCCC(N)(CN)[Si](O)(O)O. The lowest BCUT2D eigenvalue weighted by atomic mass is 10.2. The van der Waals surface area contributed by atoms with Gasteiger partial charge in [-0.3, -0.25) is 0 Å². The van der Waals surface area contributed by atoms with Crippen LogP contribution >= 0.6 is 0 Å². The zero-order chi connectivity index (χ0) is 9.12. The molecule has 0 amide bonds. The molecule has 0 aliphatic carbocycles. The summed E-state index contributed by atoms with van der Waals surface area (Å²) >= 11 is 0. The van der Waals surface area contributed by atoms with E-state index in [1.165, 1.54) is 0 Å². The minimum absolute atomic E-state index is 0.115. The van der Waals surface area contributed by atoms with E-state index in [1.807, 2.05) is 6.92 Å². The van der Waals surface area contributed by atoms with E-state index in [4.69, 9.17) is 25.9 Å². The van der Waals surface area contributed by atoms with E-state index in [9.17, 15) is 0 Å². The predicted molar refractivity (Wildman–Crippen MR) is 43.3 cm³/mol. The highest BCUT2D eigenvalue weighted by molar-refractivity contribution is 6.60. The Hall–Kier alpha value is 0.0169. The van der Waals surface area contributed by atoms with Gasteiger partial charge in [-0.05, 0) is 6.42 Å². The summed E-state index contributed by atoms with van der Waals surface area (Å²) in [6.07, 6.45) is 0.976. The van der Waals surface area contributed by atoms with Crippen molar-refractivity contribution in [3.05, 3.63) is 0 Å². The summed E-state index contributed by atoms with van der Waals surface area (Å²) in [7, 11) is -4.28.